The smallest absolute Gasteiger partial charge is 0.248 e. The molecule has 142 valence electrons. The lowest BCUT2D eigenvalue weighted by Gasteiger charge is -2.46. The molecule has 2 aliphatic heterocycles. The van der Waals surface area contributed by atoms with Crippen LogP contribution in [0, 0.1) is 5.41 Å². The predicted molar refractivity (Wildman–Crippen MR) is 105 cm³/mol. The summed E-state index contributed by atoms with van der Waals surface area (Å²) in [6, 6.07) is 8.73. The molecule has 1 amide bonds. The molecule has 2 N–H and O–H groups in total. The minimum Gasteiger partial charge on any atom is -0.366 e. The quantitative estimate of drug-likeness (QED) is 0.900. The maximum Gasteiger partial charge on any atom is 0.248 e. The standard InChI is InChI=1S/C22H33N3O/c23-21(26)19-7-5-18(6-8-19)17-24-13-2-9-22(10-14-24)11-15-25(16-12-22)20-3-1-4-20/h5-8,20H,1-4,9-17H2,(H2,23,26). The van der Waals surface area contributed by atoms with Gasteiger partial charge >= 0.3 is 0 Å². The van der Waals surface area contributed by atoms with Gasteiger partial charge in [-0.2, -0.15) is 0 Å². The summed E-state index contributed by atoms with van der Waals surface area (Å²) in [6.07, 6.45) is 11.2. The number of amides is 1. The largest absolute Gasteiger partial charge is 0.366 e. The number of hydrogen-bond acceptors (Lipinski definition) is 3. The Labute approximate surface area is 157 Å². The van der Waals surface area contributed by atoms with E-state index in [1.807, 2.05) is 12.1 Å². The van der Waals surface area contributed by atoms with Crippen molar-refractivity contribution in [1.29, 1.82) is 0 Å². The molecule has 2 saturated heterocycles. The van der Waals surface area contributed by atoms with Crippen LogP contribution in [0.1, 0.15) is 67.3 Å². The molecule has 0 bridgehead atoms. The summed E-state index contributed by atoms with van der Waals surface area (Å²) >= 11 is 0. The minimum absolute atomic E-state index is 0.346. The highest BCUT2D eigenvalue weighted by atomic mass is 16.1. The predicted octanol–water partition coefficient (Wildman–Crippen LogP) is 3.41. The van der Waals surface area contributed by atoms with Crippen LogP contribution in [0.5, 0.6) is 0 Å². The third kappa shape index (κ3) is 3.96. The van der Waals surface area contributed by atoms with Crippen LogP contribution in [0.2, 0.25) is 0 Å². The Hall–Kier alpha value is -1.39. The van der Waals surface area contributed by atoms with Crippen LogP contribution in [-0.2, 0) is 6.54 Å². The lowest BCUT2D eigenvalue weighted by molar-refractivity contribution is 0.0353. The summed E-state index contributed by atoms with van der Waals surface area (Å²) in [4.78, 5) is 16.6. The van der Waals surface area contributed by atoms with Gasteiger partial charge < -0.3 is 10.6 Å². The fourth-order valence-electron chi connectivity index (χ4n) is 5.12. The van der Waals surface area contributed by atoms with E-state index in [2.05, 4.69) is 21.9 Å². The van der Waals surface area contributed by atoms with Crippen molar-refractivity contribution < 1.29 is 4.79 Å². The third-order valence-corrected chi connectivity index (χ3v) is 7.23. The van der Waals surface area contributed by atoms with E-state index in [0.717, 1.165) is 12.6 Å². The van der Waals surface area contributed by atoms with Crippen LogP contribution in [0.15, 0.2) is 24.3 Å². The third-order valence-electron chi connectivity index (χ3n) is 7.23. The molecule has 1 saturated carbocycles. The number of benzene rings is 1. The van der Waals surface area contributed by atoms with Gasteiger partial charge in [0.05, 0.1) is 0 Å². The van der Waals surface area contributed by atoms with Gasteiger partial charge in [-0.15, -0.1) is 0 Å². The van der Waals surface area contributed by atoms with Crippen molar-refractivity contribution >= 4 is 5.91 Å². The molecule has 1 aromatic rings. The lowest BCUT2D eigenvalue weighted by atomic mass is 9.72. The Balaban J connectivity index is 1.30. The zero-order valence-electron chi connectivity index (χ0n) is 16.0. The zero-order valence-corrected chi connectivity index (χ0v) is 16.0. The fourth-order valence-corrected chi connectivity index (χ4v) is 5.12. The highest BCUT2D eigenvalue weighted by molar-refractivity contribution is 5.92. The van der Waals surface area contributed by atoms with Gasteiger partial charge in [-0.1, -0.05) is 18.6 Å². The second-order valence-corrected chi connectivity index (χ2v) is 8.81. The van der Waals surface area contributed by atoms with E-state index in [-0.39, 0.29) is 5.91 Å². The number of rotatable bonds is 4. The number of carbonyl (C=O) groups is 1. The topological polar surface area (TPSA) is 49.6 Å². The van der Waals surface area contributed by atoms with E-state index in [1.165, 1.54) is 83.1 Å². The van der Waals surface area contributed by atoms with Gasteiger partial charge in [0.1, 0.15) is 0 Å². The first-order valence-corrected chi connectivity index (χ1v) is 10.5. The molecule has 2 heterocycles. The highest BCUT2D eigenvalue weighted by Crippen LogP contribution is 2.43. The number of hydrogen-bond donors (Lipinski definition) is 1. The summed E-state index contributed by atoms with van der Waals surface area (Å²) in [6.45, 7) is 6.06. The van der Waals surface area contributed by atoms with E-state index < -0.39 is 0 Å². The van der Waals surface area contributed by atoms with Crippen molar-refractivity contribution in [2.24, 2.45) is 11.1 Å². The molecule has 4 nitrogen and oxygen atoms in total. The second-order valence-electron chi connectivity index (χ2n) is 8.81. The second kappa shape index (κ2) is 7.69. The lowest BCUT2D eigenvalue weighted by Crippen LogP contribution is -2.48. The Morgan fingerprint density at radius 2 is 1.65 bits per heavy atom. The number of nitrogens with two attached hydrogens (primary N) is 1. The number of likely N-dealkylation sites (tertiary alicyclic amines) is 2. The first-order chi connectivity index (χ1) is 12.6. The molecule has 26 heavy (non-hydrogen) atoms. The molecular formula is C22H33N3O. The van der Waals surface area contributed by atoms with E-state index in [0.29, 0.717) is 11.0 Å². The van der Waals surface area contributed by atoms with Gasteiger partial charge in [0, 0.05) is 18.2 Å². The van der Waals surface area contributed by atoms with Gasteiger partial charge in [0.2, 0.25) is 5.91 Å². The molecule has 0 unspecified atom stereocenters. The molecule has 1 spiro atoms. The van der Waals surface area contributed by atoms with Crippen LogP contribution < -0.4 is 5.73 Å². The Kier molecular flexibility index (Phi) is 5.32. The van der Waals surface area contributed by atoms with Crippen molar-refractivity contribution in [1.82, 2.24) is 9.80 Å². The monoisotopic (exact) mass is 355 g/mol. The van der Waals surface area contributed by atoms with Crippen LogP contribution in [-0.4, -0.2) is 47.9 Å². The van der Waals surface area contributed by atoms with Gasteiger partial charge in [0.25, 0.3) is 0 Å². The van der Waals surface area contributed by atoms with Gasteiger partial charge in [-0.3, -0.25) is 9.69 Å². The summed E-state index contributed by atoms with van der Waals surface area (Å²) in [5, 5.41) is 0. The van der Waals surface area contributed by atoms with Gasteiger partial charge in [-0.05, 0) is 94.2 Å². The van der Waals surface area contributed by atoms with Crippen molar-refractivity contribution in [2.45, 2.75) is 64.0 Å². The molecule has 3 aliphatic rings. The van der Waals surface area contributed by atoms with Crippen molar-refractivity contribution in [2.75, 3.05) is 26.2 Å². The summed E-state index contributed by atoms with van der Waals surface area (Å²) < 4.78 is 0. The first kappa shape index (κ1) is 18.0. The average molecular weight is 356 g/mol. The van der Waals surface area contributed by atoms with E-state index in [9.17, 15) is 4.79 Å². The highest BCUT2D eigenvalue weighted by Gasteiger charge is 2.38. The molecular weight excluding hydrogens is 322 g/mol. The maximum absolute atomic E-state index is 11.2. The molecule has 0 radical (unpaired) electrons. The number of primary amides is 1. The van der Waals surface area contributed by atoms with E-state index >= 15 is 0 Å². The van der Waals surface area contributed by atoms with Gasteiger partial charge in [-0.25, -0.2) is 0 Å². The van der Waals surface area contributed by atoms with Crippen molar-refractivity contribution in [3.63, 3.8) is 0 Å². The molecule has 1 aromatic carbocycles. The number of carbonyl (C=O) groups excluding carboxylic acids is 1. The molecule has 1 aliphatic carbocycles. The first-order valence-electron chi connectivity index (χ1n) is 10.5. The molecule has 4 rings (SSSR count). The van der Waals surface area contributed by atoms with Crippen LogP contribution >= 0.6 is 0 Å². The molecule has 0 aromatic heterocycles. The Morgan fingerprint density at radius 3 is 2.27 bits per heavy atom. The summed E-state index contributed by atoms with van der Waals surface area (Å²) in [5.74, 6) is -0.346. The van der Waals surface area contributed by atoms with Crippen LogP contribution in [0.3, 0.4) is 0 Å². The summed E-state index contributed by atoms with van der Waals surface area (Å²) in [5.41, 5.74) is 7.82. The fraction of sp³-hybridized carbons (Fsp3) is 0.682. The zero-order chi connectivity index (χ0) is 18.0. The molecule has 4 heteroatoms. The Morgan fingerprint density at radius 1 is 0.962 bits per heavy atom. The average Bonchev–Trinajstić information content (AvgIpc) is 2.79. The number of piperidine rings is 1. The molecule has 0 atom stereocenters. The van der Waals surface area contributed by atoms with Crippen LogP contribution in [0.4, 0.5) is 0 Å². The molecule has 3 fully saturated rings. The Bertz CT molecular complexity index is 615. The maximum atomic E-state index is 11.2. The van der Waals surface area contributed by atoms with E-state index in [4.69, 9.17) is 5.73 Å². The van der Waals surface area contributed by atoms with Gasteiger partial charge in [0.15, 0.2) is 0 Å². The number of nitrogens with zero attached hydrogens (tertiary/aromatic N) is 2. The van der Waals surface area contributed by atoms with Crippen molar-refractivity contribution in [3.8, 4) is 0 Å². The van der Waals surface area contributed by atoms with Crippen molar-refractivity contribution in [3.05, 3.63) is 35.4 Å². The van der Waals surface area contributed by atoms with E-state index in [1.54, 1.807) is 0 Å². The normalized spacial score (nSPS) is 24.9. The minimum atomic E-state index is -0.346. The SMILES string of the molecule is NC(=O)c1ccc(CN2CCCC3(CC2)CCN(C2CCC2)CC3)cc1. The van der Waals surface area contributed by atoms with Crippen LogP contribution in [0.25, 0.3) is 0 Å². The summed E-state index contributed by atoms with van der Waals surface area (Å²) in [7, 11) is 0.